The Morgan fingerprint density at radius 2 is 2.15 bits per heavy atom. The van der Waals surface area contributed by atoms with Gasteiger partial charge in [0.15, 0.2) is 6.29 Å². The molecule has 0 bridgehead atoms. The largest absolute Gasteiger partial charge is 0.298 e. The standard InChI is InChI=1S/C11H11FO/c1-11(5-6-11)9-3-2-4-10(12)8(9)7-13/h2-4,7H,5-6H2,1H3. The van der Waals surface area contributed by atoms with Crippen molar-refractivity contribution in [2.24, 2.45) is 0 Å². The maximum Gasteiger partial charge on any atom is 0.153 e. The molecule has 0 aliphatic heterocycles. The molecule has 0 saturated heterocycles. The highest BCUT2D eigenvalue weighted by Gasteiger charge is 2.40. The molecule has 1 aromatic carbocycles. The van der Waals surface area contributed by atoms with Crippen molar-refractivity contribution in [2.75, 3.05) is 0 Å². The number of carbonyl (C=O) groups excluding carboxylic acids is 1. The first kappa shape index (κ1) is 8.42. The van der Waals surface area contributed by atoms with Gasteiger partial charge in [-0.3, -0.25) is 4.79 Å². The highest BCUT2D eigenvalue weighted by molar-refractivity contribution is 5.78. The van der Waals surface area contributed by atoms with Crippen LogP contribution in [0.4, 0.5) is 4.39 Å². The van der Waals surface area contributed by atoms with E-state index in [0.717, 1.165) is 18.4 Å². The van der Waals surface area contributed by atoms with Gasteiger partial charge in [0.1, 0.15) is 5.82 Å². The van der Waals surface area contributed by atoms with Crippen LogP contribution in [-0.2, 0) is 5.41 Å². The second-order valence-corrected chi connectivity index (χ2v) is 3.88. The van der Waals surface area contributed by atoms with Crippen LogP contribution in [-0.4, -0.2) is 6.29 Å². The van der Waals surface area contributed by atoms with Gasteiger partial charge in [-0.25, -0.2) is 4.39 Å². The van der Waals surface area contributed by atoms with E-state index in [0.29, 0.717) is 6.29 Å². The molecule has 0 amide bonds. The minimum Gasteiger partial charge on any atom is -0.298 e. The first-order valence-corrected chi connectivity index (χ1v) is 4.41. The summed E-state index contributed by atoms with van der Waals surface area (Å²) in [6, 6.07) is 4.85. The van der Waals surface area contributed by atoms with Gasteiger partial charge in [-0.15, -0.1) is 0 Å². The summed E-state index contributed by atoms with van der Waals surface area (Å²) in [6.45, 7) is 2.06. The molecule has 2 rings (SSSR count). The molecule has 1 fully saturated rings. The van der Waals surface area contributed by atoms with Gasteiger partial charge < -0.3 is 0 Å². The SMILES string of the molecule is CC1(c2cccc(F)c2C=O)CC1. The Morgan fingerprint density at radius 3 is 2.69 bits per heavy atom. The summed E-state index contributed by atoms with van der Waals surface area (Å²) in [4.78, 5) is 10.7. The van der Waals surface area contributed by atoms with Crippen LogP contribution in [0.2, 0.25) is 0 Å². The number of hydrogen-bond donors (Lipinski definition) is 0. The number of halogens is 1. The molecule has 1 aliphatic carbocycles. The minimum absolute atomic E-state index is 0.0539. The third-order valence-corrected chi connectivity index (χ3v) is 2.82. The van der Waals surface area contributed by atoms with Crippen molar-refractivity contribution in [1.29, 1.82) is 0 Å². The average Bonchev–Trinajstić information content (AvgIpc) is 2.85. The summed E-state index contributed by atoms with van der Waals surface area (Å²) in [7, 11) is 0. The molecule has 0 N–H and O–H groups in total. The van der Waals surface area contributed by atoms with E-state index in [9.17, 15) is 9.18 Å². The van der Waals surface area contributed by atoms with Gasteiger partial charge in [0.2, 0.25) is 0 Å². The zero-order valence-corrected chi connectivity index (χ0v) is 7.51. The summed E-state index contributed by atoms with van der Waals surface area (Å²) < 4.78 is 13.2. The molecule has 1 aromatic rings. The molecule has 2 heteroatoms. The second-order valence-electron chi connectivity index (χ2n) is 3.88. The van der Waals surface area contributed by atoms with Gasteiger partial charge in [0, 0.05) is 0 Å². The lowest BCUT2D eigenvalue weighted by atomic mass is 9.93. The summed E-state index contributed by atoms with van der Waals surface area (Å²) >= 11 is 0. The highest BCUT2D eigenvalue weighted by Crippen LogP contribution is 2.48. The number of rotatable bonds is 2. The molecule has 1 aliphatic rings. The fraction of sp³-hybridized carbons (Fsp3) is 0.364. The maximum absolute atomic E-state index is 13.2. The molecule has 0 spiro atoms. The fourth-order valence-electron chi connectivity index (χ4n) is 1.64. The Morgan fingerprint density at radius 1 is 1.46 bits per heavy atom. The molecule has 0 atom stereocenters. The Hall–Kier alpha value is -1.18. The molecule has 0 radical (unpaired) electrons. The predicted molar refractivity (Wildman–Crippen MR) is 48.4 cm³/mol. The van der Waals surface area contributed by atoms with Crippen molar-refractivity contribution < 1.29 is 9.18 Å². The quantitative estimate of drug-likeness (QED) is 0.636. The van der Waals surface area contributed by atoms with E-state index < -0.39 is 5.82 Å². The summed E-state index contributed by atoms with van der Waals surface area (Å²) in [6.07, 6.45) is 2.73. The Labute approximate surface area is 76.6 Å². The third-order valence-electron chi connectivity index (χ3n) is 2.82. The molecule has 1 saturated carbocycles. The molecule has 0 heterocycles. The van der Waals surface area contributed by atoms with E-state index in [1.165, 1.54) is 6.07 Å². The minimum atomic E-state index is -0.402. The molecular weight excluding hydrogens is 167 g/mol. The molecular formula is C11H11FO. The van der Waals surface area contributed by atoms with E-state index in [-0.39, 0.29) is 11.0 Å². The zero-order valence-electron chi connectivity index (χ0n) is 7.51. The van der Waals surface area contributed by atoms with E-state index in [4.69, 9.17) is 0 Å². The highest BCUT2D eigenvalue weighted by atomic mass is 19.1. The maximum atomic E-state index is 13.2. The van der Waals surface area contributed by atoms with Crippen LogP contribution >= 0.6 is 0 Å². The molecule has 68 valence electrons. The van der Waals surface area contributed by atoms with Crippen molar-refractivity contribution in [3.63, 3.8) is 0 Å². The van der Waals surface area contributed by atoms with Crippen molar-refractivity contribution in [3.05, 3.63) is 35.1 Å². The van der Waals surface area contributed by atoms with Gasteiger partial charge in [-0.2, -0.15) is 0 Å². The van der Waals surface area contributed by atoms with Crippen LogP contribution < -0.4 is 0 Å². The average molecular weight is 178 g/mol. The van der Waals surface area contributed by atoms with Crippen LogP contribution in [0.5, 0.6) is 0 Å². The summed E-state index contributed by atoms with van der Waals surface area (Å²) in [5, 5.41) is 0. The monoisotopic (exact) mass is 178 g/mol. The van der Waals surface area contributed by atoms with Crippen LogP contribution in [0, 0.1) is 5.82 Å². The first-order chi connectivity index (χ1) is 6.17. The lowest BCUT2D eigenvalue weighted by Crippen LogP contribution is -2.06. The topological polar surface area (TPSA) is 17.1 Å². The van der Waals surface area contributed by atoms with Crippen molar-refractivity contribution >= 4 is 6.29 Å². The molecule has 13 heavy (non-hydrogen) atoms. The summed E-state index contributed by atoms with van der Waals surface area (Å²) in [5.74, 6) is -0.402. The molecule has 0 unspecified atom stereocenters. The lowest BCUT2D eigenvalue weighted by Gasteiger charge is -2.11. The van der Waals surface area contributed by atoms with Gasteiger partial charge in [0.25, 0.3) is 0 Å². The van der Waals surface area contributed by atoms with Crippen molar-refractivity contribution in [2.45, 2.75) is 25.2 Å². The van der Waals surface area contributed by atoms with Gasteiger partial charge in [-0.05, 0) is 29.9 Å². The fourth-order valence-corrected chi connectivity index (χ4v) is 1.64. The predicted octanol–water partition coefficient (Wildman–Crippen LogP) is 2.69. The third kappa shape index (κ3) is 1.26. The molecule has 0 aromatic heterocycles. The second kappa shape index (κ2) is 2.66. The van der Waals surface area contributed by atoms with Crippen LogP contribution in [0.1, 0.15) is 35.7 Å². The van der Waals surface area contributed by atoms with E-state index in [1.54, 1.807) is 6.07 Å². The Balaban J connectivity index is 2.56. The van der Waals surface area contributed by atoms with Gasteiger partial charge >= 0.3 is 0 Å². The van der Waals surface area contributed by atoms with E-state index >= 15 is 0 Å². The first-order valence-electron chi connectivity index (χ1n) is 4.41. The van der Waals surface area contributed by atoms with Gasteiger partial charge in [0.05, 0.1) is 5.56 Å². The number of hydrogen-bond acceptors (Lipinski definition) is 1. The number of benzene rings is 1. The van der Waals surface area contributed by atoms with Crippen LogP contribution in [0.25, 0.3) is 0 Å². The zero-order chi connectivity index (χ0) is 9.47. The van der Waals surface area contributed by atoms with Crippen LogP contribution in [0.3, 0.4) is 0 Å². The Kier molecular flexibility index (Phi) is 1.72. The smallest absolute Gasteiger partial charge is 0.153 e. The normalized spacial score (nSPS) is 18.3. The Bertz CT molecular complexity index is 353. The van der Waals surface area contributed by atoms with E-state index in [1.807, 2.05) is 6.07 Å². The van der Waals surface area contributed by atoms with Crippen LogP contribution in [0.15, 0.2) is 18.2 Å². The lowest BCUT2D eigenvalue weighted by molar-refractivity contribution is 0.111. The summed E-state index contributed by atoms with van der Waals surface area (Å²) in [5.41, 5.74) is 1.16. The molecule has 1 nitrogen and oxygen atoms in total. The number of aldehydes is 1. The van der Waals surface area contributed by atoms with E-state index in [2.05, 4.69) is 6.92 Å². The number of carbonyl (C=O) groups is 1. The van der Waals surface area contributed by atoms with Gasteiger partial charge in [-0.1, -0.05) is 19.1 Å². The van der Waals surface area contributed by atoms with Crippen molar-refractivity contribution in [1.82, 2.24) is 0 Å². The van der Waals surface area contributed by atoms with Crippen molar-refractivity contribution in [3.8, 4) is 0 Å².